The molecule has 1 aromatic heterocycles. The molecule has 5 rings (SSSR count). The van der Waals surface area contributed by atoms with Crippen LogP contribution < -0.4 is 4.74 Å². The van der Waals surface area contributed by atoms with E-state index in [1.54, 1.807) is 24.3 Å². The Hall–Kier alpha value is -4.44. The third-order valence-corrected chi connectivity index (χ3v) is 5.41. The van der Waals surface area contributed by atoms with Gasteiger partial charge in [0.25, 0.3) is 0 Å². The summed E-state index contributed by atoms with van der Waals surface area (Å²) in [6, 6.07) is 31.9. The standard InChI is InChI=1S/C29H20O4/c1-19(30)32-24-17-23(28(31)21-13-7-3-8-14-21)18-25-27(24)26(20-11-5-2-6-12-20)29(33-25)22-15-9-4-10-16-22/h2-18H,1H3. The van der Waals surface area contributed by atoms with Gasteiger partial charge in [0, 0.05) is 29.2 Å². The first-order valence-corrected chi connectivity index (χ1v) is 10.6. The van der Waals surface area contributed by atoms with Crippen molar-refractivity contribution < 1.29 is 18.7 Å². The topological polar surface area (TPSA) is 56.5 Å². The quantitative estimate of drug-likeness (QED) is 0.172. The molecule has 0 amide bonds. The zero-order valence-electron chi connectivity index (χ0n) is 17.9. The van der Waals surface area contributed by atoms with E-state index in [2.05, 4.69) is 0 Å². The molecule has 0 fully saturated rings. The highest BCUT2D eigenvalue weighted by molar-refractivity contribution is 6.13. The van der Waals surface area contributed by atoms with Crippen molar-refractivity contribution in [2.24, 2.45) is 0 Å². The molecule has 33 heavy (non-hydrogen) atoms. The van der Waals surface area contributed by atoms with E-state index < -0.39 is 5.97 Å². The lowest BCUT2D eigenvalue weighted by Gasteiger charge is -2.09. The van der Waals surface area contributed by atoms with Crippen LogP contribution in [0.5, 0.6) is 5.75 Å². The number of carbonyl (C=O) groups excluding carboxylic acids is 2. The Labute approximate surface area is 191 Å². The number of ether oxygens (including phenoxy) is 1. The van der Waals surface area contributed by atoms with Crippen molar-refractivity contribution in [3.05, 3.63) is 114 Å². The fourth-order valence-electron chi connectivity index (χ4n) is 3.99. The maximum absolute atomic E-state index is 13.2. The Morgan fingerprint density at radius 1 is 0.697 bits per heavy atom. The Kier molecular flexibility index (Phi) is 5.33. The van der Waals surface area contributed by atoms with Gasteiger partial charge in [-0.2, -0.15) is 0 Å². The summed E-state index contributed by atoms with van der Waals surface area (Å²) in [5.74, 6) is 0.297. The van der Waals surface area contributed by atoms with Gasteiger partial charge in [0.1, 0.15) is 17.1 Å². The van der Waals surface area contributed by atoms with Gasteiger partial charge < -0.3 is 9.15 Å². The minimum absolute atomic E-state index is 0.176. The molecule has 0 saturated carbocycles. The van der Waals surface area contributed by atoms with Gasteiger partial charge in [-0.3, -0.25) is 9.59 Å². The van der Waals surface area contributed by atoms with E-state index >= 15 is 0 Å². The van der Waals surface area contributed by atoms with E-state index in [-0.39, 0.29) is 5.78 Å². The summed E-state index contributed by atoms with van der Waals surface area (Å²) in [5.41, 5.74) is 4.03. The summed E-state index contributed by atoms with van der Waals surface area (Å²) < 4.78 is 12.0. The summed E-state index contributed by atoms with van der Waals surface area (Å²) in [6.07, 6.45) is 0. The molecule has 0 radical (unpaired) electrons. The van der Waals surface area contributed by atoms with Crippen molar-refractivity contribution in [2.45, 2.75) is 6.92 Å². The molecule has 5 aromatic rings. The number of esters is 1. The molecule has 160 valence electrons. The van der Waals surface area contributed by atoms with Crippen molar-refractivity contribution in [1.29, 1.82) is 0 Å². The van der Waals surface area contributed by atoms with E-state index in [1.165, 1.54) is 6.92 Å². The number of furan rings is 1. The second-order valence-corrected chi connectivity index (χ2v) is 7.67. The predicted octanol–water partition coefficient (Wildman–Crippen LogP) is 6.92. The SMILES string of the molecule is CC(=O)Oc1cc(C(=O)c2ccccc2)cc2oc(-c3ccccc3)c(-c3ccccc3)c12. The van der Waals surface area contributed by atoms with Gasteiger partial charge >= 0.3 is 5.97 Å². The minimum Gasteiger partial charge on any atom is -0.455 e. The average Bonchev–Trinajstić information content (AvgIpc) is 3.25. The number of rotatable bonds is 5. The summed E-state index contributed by atoms with van der Waals surface area (Å²) in [4.78, 5) is 25.2. The third kappa shape index (κ3) is 3.94. The van der Waals surface area contributed by atoms with Crippen molar-refractivity contribution in [2.75, 3.05) is 0 Å². The van der Waals surface area contributed by atoms with Gasteiger partial charge in [-0.15, -0.1) is 0 Å². The van der Waals surface area contributed by atoms with E-state index in [9.17, 15) is 9.59 Å². The lowest BCUT2D eigenvalue weighted by atomic mass is 9.96. The Morgan fingerprint density at radius 3 is 1.88 bits per heavy atom. The molecular formula is C29H20O4. The van der Waals surface area contributed by atoms with Gasteiger partial charge in [0.15, 0.2) is 5.78 Å². The third-order valence-electron chi connectivity index (χ3n) is 5.41. The van der Waals surface area contributed by atoms with Crippen LogP contribution in [-0.2, 0) is 4.79 Å². The maximum atomic E-state index is 13.2. The zero-order valence-corrected chi connectivity index (χ0v) is 17.9. The number of hydrogen-bond acceptors (Lipinski definition) is 4. The first-order valence-electron chi connectivity index (χ1n) is 10.6. The Bertz CT molecular complexity index is 1450. The maximum Gasteiger partial charge on any atom is 0.308 e. The molecular weight excluding hydrogens is 412 g/mol. The second-order valence-electron chi connectivity index (χ2n) is 7.67. The van der Waals surface area contributed by atoms with Gasteiger partial charge in [-0.25, -0.2) is 0 Å². The minimum atomic E-state index is -0.470. The molecule has 4 aromatic carbocycles. The molecule has 0 atom stereocenters. The first-order chi connectivity index (χ1) is 16.1. The van der Waals surface area contributed by atoms with Crippen molar-refractivity contribution >= 4 is 22.7 Å². The molecule has 0 N–H and O–H groups in total. The predicted molar refractivity (Wildman–Crippen MR) is 128 cm³/mol. The van der Waals surface area contributed by atoms with Gasteiger partial charge in [0.2, 0.25) is 0 Å². The molecule has 0 aliphatic rings. The lowest BCUT2D eigenvalue weighted by molar-refractivity contribution is -0.131. The van der Waals surface area contributed by atoms with Crippen LogP contribution >= 0.6 is 0 Å². The monoisotopic (exact) mass is 432 g/mol. The highest BCUT2D eigenvalue weighted by atomic mass is 16.5. The summed E-state index contributed by atoms with van der Waals surface area (Å²) in [5, 5.41) is 0.653. The fraction of sp³-hybridized carbons (Fsp3) is 0.0345. The van der Waals surface area contributed by atoms with Crippen LogP contribution in [0.3, 0.4) is 0 Å². The van der Waals surface area contributed by atoms with Crippen LogP contribution in [-0.4, -0.2) is 11.8 Å². The smallest absolute Gasteiger partial charge is 0.308 e. The van der Waals surface area contributed by atoms with E-state index in [1.807, 2.05) is 78.9 Å². The molecule has 4 heteroatoms. The van der Waals surface area contributed by atoms with Gasteiger partial charge in [0.05, 0.1) is 5.39 Å². The molecule has 4 nitrogen and oxygen atoms in total. The fourth-order valence-corrected chi connectivity index (χ4v) is 3.99. The number of fused-ring (bicyclic) bond motifs is 1. The average molecular weight is 432 g/mol. The zero-order chi connectivity index (χ0) is 22.8. The molecule has 0 unspecified atom stereocenters. The van der Waals surface area contributed by atoms with Crippen molar-refractivity contribution in [3.63, 3.8) is 0 Å². The van der Waals surface area contributed by atoms with E-state index in [0.717, 1.165) is 16.7 Å². The first kappa shape index (κ1) is 20.5. The van der Waals surface area contributed by atoms with E-state index in [4.69, 9.17) is 9.15 Å². The molecule has 0 aliphatic carbocycles. The number of carbonyl (C=O) groups is 2. The van der Waals surface area contributed by atoms with E-state index in [0.29, 0.717) is 33.6 Å². The Morgan fingerprint density at radius 2 is 1.27 bits per heavy atom. The van der Waals surface area contributed by atoms with Gasteiger partial charge in [-0.05, 0) is 17.7 Å². The number of benzene rings is 4. The molecule has 0 saturated heterocycles. The highest BCUT2D eigenvalue weighted by Crippen LogP contribution is 2.45. The summed E-state index contributed by atoms with van der Waals surface area (Å²) >= 11 is 0. The van der Waals surface area contributed by atoms with Gasteiger partial charge in [-0.1, -0.05) is 91.0 Å². The van der Waals surface area contributed by atoms with Crippen LogP contribution in [0.25, 0.3) is 33.4 Å². The van der Waals surface area contributed by atoms with Crippen LogP contribution in [0.1, 0.15) is 22.8 Å². The normalized spacial score (nSPS) is 10.8. The molecule has 1 heterocycles. The lowest BCUT2D eigenvalue weighted by Crippen LogP contribution is -2.05. The molecule has 0 aliphatic heterocycles. The summed E-state index contributed by atoms with van der Waals surface area (Å²) in [7, 11) is 0. The van der Waals surface area contributed by atoms with Crippen molar-refractivity contribution in [1.82, 2.24) is 0 Å². The number of hydrogen-bond donors (Lipinski definition) is 0. The largest absolute Gasteiger partial charge is 0.455 e. The van der Waals surface area contributed by atoms with Crippen LogP contribution in [0.2, 0.25) is 0 Å². The summed E-state index contributed by atoms with van der Waals surface area (Å²) in [6.45, 7) is 1.35. The van der Waals surface area contributed by atoms with Crippen LogP contribution in [0.4, 0.5) is 0 Å². The van der Waals surface area contributed by atoms with Crippen molar-refractivity contribution in [3.8, 4) is 28.2 Å². The van der Waals surface area contributed by atoms with Crippen LogP contribution in [0, 0.1) is 0 Å². The Balaban J connectivity index is 1.81. The molecule has 0 bridgehead atoms. The van der Waals surface area contributed by atoms with Crippen LogP contribution in [0.15, 0.2) is 108 Å². The second kappa shape index (κ2) is 8.60. The number of ketones is 1. The molecule has 0 spiro atoms. The highest BCUT2D eigenvalue weighted by Gasteiger charge is 2.24.